The fraction of sp³-hybridized carbons (Fsp3) is 0. The molecule has 0 amide bonds. The molecule has 0 spiro atoms. The summed E-state index contributed by atoms with van der Waals surface area (Å²) in [6.07, 6.45) is 0. The van der Waals surface area contributed by atoms with E-state index in [9.17, 15) is 0 Å². The number of hydrogen-bond acceptors (Lipinski definition) is 1. The number of rotatable bonds is 3. The normalized spacial score (nSPS) is 12.4. The molecular weight excluding hydrogens is 494 g/mol. The monoisotopic (exact) mass is 517 g/mol. The van der Waals surface area contributed by atoms with Gasteiger partial charge in [0.25, 0.3) is 0 Å². The Labute approximate surface area is 236 Å². The van der Waals surface area contributed by atoms with Crippen LogP contribution in [0.1, 0.15) is 0 Å². The number of hydrogen-bond donors (Lipinski definition) is 0. The number of fused-ring (bicyclic) bond motifs is 2. The van der Waals surface area contributed by atoms with Crippen molar-refractivity contribution in [2.24, 2.45) is 0 Å². The summed E-state index contributed by atoms with van der Waals surface area (Å²) in [5.74, 6) is 0. The molecule has 1 heteroatoms. The maximum Gasteiger partial charge on any atom is 0.0619 e. The SMILES string of the molecule is c1ccc(N(c2ccccc2)c2c3cccc4c5cccc6cc7cccc8c9cccc2c9c(c34)c(c65)c78)cc1. The lowest BCUT2D eigenvalue weighted by Crippen LogP contribution is -2.11. The van der Waals surface area contributed by atoms with E-state index in [0.29, 0.717) is 0 Å². The molecule has 0 aliphatic carbocycles. The second-order valence-electron chi connectivity index (χ2n) is 11.2. The molecule has 0 radical (unpaired) electrons. The summed E-state index contributed by atoms with van der Waals surface area (Å²) in [7, 11) is 0. The zero-order valence-electron chi connectivity index (χ0n) is 22.2. The highest BCUT2D eigenvalue weighted by atomic mass is 15.1. The van der Waals surface area contributed by atoms with Gasteiger partial charge in [0.05, 0.1) is 5.69 Å². The predicted molar refractivity (Wildman–Crippen MR) is 177 cm³/mol. The average Bonchev–Trinajstić information content (AvgIpc) is 3.04. The third-order valence-electron chi connectivity index (χ3n) is 9.23. The third-order valence-corrected chi connectivity index (χ3v) is 9.23. The van der Waals surface area contributed by atoms with E-state index in [-0.39, 0.29) is 0 Å². The second-order valence-corrected chi connectivity index (χ2v) is 11.2. The quantitative estimate of drug-likeness (QED) is 0.166. The largest absolute Gasteiger partial charge is 0.309 e. The van der Waals surface area contributed by atoms with Gasteiger partial charge in [0.15, 0.2) is 0 Å². The third kappa shape index (κ3) is 2.61. The summed E-state index contributed by atoms with van der Waals surface area (Å²) in [5, 5.41) is 18.8. The molecule has 0 heterocycles. The van der Waals surface area contributed by atoms with Gasteiger partial charge in [-0.1, -0.05) is 109 Å². The molecule has 0 saturated heterocycles. The molecule has 10 aromatic rings. The molecule has 0 aromatic heterocycles. The Morgan fingerprint density at radius 1 is 0.293 bits per heavy atom. The van der Waals surface area contributed by atoms with Crippen LogP contribution in [0.4, 0.5) is 17.1 Å². The zero-order valence-corrected chi connectivity index (χ0v) is 22.2. The molecule has 0 atom stereocenters. The number of nitrogens with zero attached hydrogens (tertiary/aromatic N) is 1. The van der Waals surface area contributed by atoms with Gasteiger partial charge in [0.1, 0.15) is 0 Å². The first-order valence-electron chi connectivity index (χ1n) is 14.3. The van der Waals surface area contributed by atoms with Gasteiger partial charge in [-0.25, -0.2) is 0 Å². The van der Waals surface area contributed by atoms with Crippen LogP contribution in [-0.2, 0) is 0 Å². The summed E-state index contributed by atoms with van der Waals surface area (Å²) < 4.78 is 0. The number of anilines is 3. The van der Waals surface area contributed by atoms with E-state index < -0.39 is 0 Å². The van der Waals surface area contributed by atoms with Gasteiger partial charge in [0, 0.05) is 38.3 Å². The minimum absolute atomic E-state index is 1.16. The Kier molecular flexibility index (Phi) is 3.98. The molecule has 10 aromatic carbocycles. The Morgan fingerprint density at radius 2 is 0.683 bits per heavy atom. The smallest absolute Gasteiger partial charge is 0.0619 e. The molecule has 0 aliphatic heterocycles. The van der Waals surface area contributed by atoms with Crippen LogP contribution in [0.5, 0.6) is 0 Å². The fourth-order valence-electron chi connectivity index (χ4n) is 7.74. The lowest BCUT2D eigenvalue weighted by atomic mass is 9.80. The minimum atomic E-state index is 1.16. The topological polar surface area (TPSA) is 3.24 Å². The van der Waals surface area contributed by atoms with Crippen LogP contribution < -0.4 is 4.90 Å². The van der Waals surface area contributed by atoms with Crippen molar-refractivity contribution in [1.29, 1.82) is 0 Å². The summed E-state index contributed by atoms with van der Waals surface area (Å²) in [6, 6.07) is 51.5. The van der Waals surface area contributed by atoms with Gasteiger partial charge < -0.3 is 4.90 Å². The van der Waals surface area contributed by atoms with Gasteiger partial charge in [0.2, 0.25) is 0 Å². The van der Waals surface area contributed by atoms with E-state index >= 15 is 0 Å². The highest BCUT2D eigenvalue weighted by molar-refractivity contribution is 6.50. The van der Waals surface area contributed by atoms with E-state index in [1.807, 2.05) is 0 Å². The first-order valence-corrected chi connectivity index (χ1v) is 14.3. The first kappa shape index (κ1) is 21.4. The van der Waals surface area contributed by atoms with Crippen LogP contribution in [0.3, 0.4) is 0 Å². The zero-order chi connectivity index (χ0) is 26.7. The molecule has 10 rings (SSSR count). The van der Waals surface area contributed by atoms with E-state index in [2.05, 4.69) is 144 Å². The van der Waals surface area contributed by atoms with E-state index in [1.165, 1.54) is 81.1 Å². The van der Waals surface area contributed by atoms with Gasteiger partial charge in [-0.05, 0) is 78.8 Å². The second kappa shape index (κ2) is 7.62. The Balaban J connectivity index is 1.55. The van der Waals surface area contributed by atoms with Crippen LogP contribution in [0, 0.1) is 0 Å². The van der Waals surface area contributed by atoms with Crippen molar-refractivity contribution >= 4 is 92.5 Å². The predicted octanol–water partition coefficient (Wildman–Crippen LogP) is 11.5. The molecule has 0 N–H and O–H groups in total. The van der Waals surface area contributed by atoms with Crippen molar-refractivity contribution in [1.82, 2.24) is 0 Å². The summed E-state index contributed by atoms with van der Waals surface area (Å²) in [4.78, 5) is 2.46. The van der Waals surface area contributed by atoms with E-state index in [4.69, 9.17) is 0 Å². The van der Waals surface area contributed by atoms with Gasteiger partial charge in [-0.15, -0.1) is 0 Å². The van der Waals surface area contributed by atoms with Crippen LogP contribution in [0.2, 0.25) is 0 Å². The Bertz CT molecular complexity index is 2390. The maximum absolute atomic E-state index is 2.46. The summed E-state index contributed by atoms with van der Waals surface area (Å²) in [6.45, 7) is 0. The molecule has 1 nitrogen and oxygen atoms in total. The van der Waals surface area contributed by atoms with Crippen molar-refractivity contribution in [3.8, 4) is 0 Å². The molecule has 0 unspecified atom stereocenters. The van der Waals surface area contributed by atoms with Crippen molar-refractivity contribution in [2.45, 2.75) is 0 Å². The lowest BCUT2D eigenvalue weighted by Gasteiger charge is -2.31. The molecule has 0 fully saturated rings. The molecule has 0 aliphatic rings. The highest BCUT2D eigenvalue weighted by Gasteiger charge is 2.27. The fourth-order valence-corrected chi connectivity index (χ4v) is 7.74. The number of benzene rings is 10. The maximum atomic E-state index is 2.46. The molecule has 0 bridgehead atoms. The lowest BCUT2D eigenvalue weighted by molar-refractivity contribution is 1.31. The van der Waals surface area contributed by atoms with E-state index in [0.717, 1.165) is 11.4 Å². The molecular formula is C40H23N. The van der Waals surface area contributed by atoms with Crippen LogP contribution in [0.25, 0.3) is 75.4 Å². The standard InChI is InChI=1S/C40H23N/c1-3-13-26(14-4-1)41(27-15-5-2-6-16-27)40-32-21-9-19-30-28-17-7-11-24-23-25-12-8-18-29-31-20-10-22-33(40)37(31)39(36(30)32)38(34(24)28)35(25)29/h1-23H. The summed E-state index contributed by atoms with van der Waals surface area (Å²) >= 11 is 0. The highest BCUT2D eigenvalue weighted by Crippen LogP contribution is 2.55. The first-order chi connectivity index (χ1) is 20.4. The van der Waals surface area contributed by atoms with E-state index in [1.54, 1.807) is 0 Å². The van der Waals surface area contributed by atoms with Crippen molar-refractivity contribution < 1.29 is 0 Å². The number of para-hydroxylation sites is 2. The van der Waals surface area contributed by atoms with Crippen LogP contribution >= 0.6 is 0 Å². The summed E-state index contributed by atoms with van der Waals surface area (Å²) in [5.41, 5.74) is 3.55. The Hall–Kier alpha value is -5.40. The van der Waals surface area contributed by atoms with Gasteiger partial charge >= 0.3 is 0 Å². The minimum Gasteiger partial charge on any atom is -0.309 e. The average molecular weight is 518 g/mol. The molecule has 0 saturated carbocycles. The van der Waals surface area contributed by atoms with Crippen molar-refractivity contribution in [3.63, 3.8) is 0 Å². The van der Waals surface area contributed by atoms with Crippen molar-refractivity contribution in [2.75, 3.05) is 4.90 Å². The van der Waals surface area contributed by atoms with Crippen LogP contribution in [-0.4, -0.2) is 0 Å². The molecule has 188 valence electrons. The Morgan fingerprint density at radius 3 is 1.17 bits per heavy atom. The van der Waals surface area contributed by atoms with Crippen LogP contribution in [0.15, 0.2) is 140 Å². The molecule has 41 heavy (non-hydrogen) atoms. The van der Waals surface area contributed by atoms with Crippen molar-refractivity contribution in [3.05, 3.63) is 140 Å². The van der Waals surface area contributed by atoms with Gasteiger partial charge in [-0.3, -0.25) is 0 Å². The van der Waals surface area contributed by atoms with Gasteiger partial charge in [-0.2, -0.15) is 0 Å².